The van der Waals surface area contributed by atoms with E-state index in [-0.39, 0.29) is 24.5 Å². The van der Waals surface area contributed by atoms with Gasteiger partial charge in [-0.15, -0.1) is 0 Å². The first-order chi connectivity index (χ1) is 16.8. The summed E-state index contributed by atoms with van der Waals surface area (Å²) < 4.78 is 38.5. The van der Waals surface area contributed by atoms with Crippen molar-refractivity contribution in [1.82, 2.24) is 0 Å². The Kier molecular flexibility index (Phi) is 7.64. The SMILES string of the molecule is Cc1ccc(S(=O)(=O)[C@@]2(CC[N+](=O)[O-])[C@H](OCc3ccccc3)[C@@H]2COCc2ccccc2)cc1. The lowest BCUT2D eigenvalue weighted by atomic mass is 10.2. The third kappa shape index (κ3) is 5.45. The van der Waals surface area contributed by atoms with Crippen molar-refractivity contribution < 1.29 is 22.8 Å². The van der Waals surface area contributed by atoms with E-state index in [9.17, 15) is 18.5 Å². The van der Waals surface area contributed by atoms with E-state index >= 15 is 0 Å². The maximum atomic E-state index is 13.9. The first kappa shape index (κ1) is 25.0. The van der Waals surface area contributed by atoms with Crippen LogP contribution in [0, 0.1) is 23.0 Å². The minimum Gasteiger partial charge on any atom is -0.376 e. The van der Waals surface area contributed by atoms with Gasteiger partial charge in [0.15, 0.2) is 9.84 Å². The Labute approximate surface area is 205 Å². The second-order valence-electron chi connectivity index (χ2n) is 8.90. The quantitative estimate of drug-likeness (QED) is 0.269. The summed E-state index contributed by atoms with van der Waals surface area (Å²) in [5.41, 5.74) is 2.80. The van der Waals surface area contributed by atoms with Gasteiger partial charge in [0.1, 0.15) is 4.75 Å². The van der Waals surface area contributed by atoms with Crippen LogP contribution in [0.4, 0.5) is 0 Å². The summed E-state index contributed by atoms with van der Waals surface area (Å²) in [5.74, 6) is -0.527. The van der Waals surface area contributed by atoms with Gasteiger partial charge in [-0.25, -0.2) is 8.42 Å². The molecule has 0 radical (unpaired) electrons. The van der Waals surface area contributed by atoms with Crippen LogP contribution < -0.4 is 0 Å². The second kappa shape index (κ2) is 10.7. The summed E-state index contributed by atoms with van der Waals surface area (Å²) in [6.45, 7) is 2.06. The smallest absolute Gasteiger partial charge is 0.205 e. The van der Waals surface area contributed by atoms with Crippen LogP contribution in [0.2, 0.25) is 0 Å². The summed E-state index contributed by atoms with van der Waals surface area (Å²) in [5, 5.41) is 11.3. The van der Waals surface area contributed by atoms with E-state index in [0.717, 1.165) is 16.7 Å². The van der Waals surface area contributed by atoms with E-state index in [1.54, 1.807) is 24.3 Å². The lowest BCUT2D eigenvalue weighted by Gasteiger charge is -2.18. The van der Waals surface area contributed by atoms with Gasteiger partial charge in [-0.3, -0.25) is 10.1 Å². The van der Waals surface area contributed by atoms with Crippen LogP contribution in [-0.4, -0.2) is 37.3 Å². The number of rotatable bonds is 12. The van der Waals surface area contributed by atoms with Crippen molar-refractivity contribution in [3.63, 3.8) is 0 Å². The van der Waals surface area contributed by atoms with Crippen molar-refractivity contribution in [1.29, 1.82) is 0 Å². The zero-order chi connectivity index (χ0) is 24.9. The summed E-state index contributed by atoms with van der Waals surface area (Å²) in [6, 6.07) is 25.6. The van der Waals surface area contributed by atoms with Crippen LogP contribution in [-0.2, 0) is 32.5 Å². The van der Waals surface area contributed by atoms with Crippen LogP contribution in [0.15, 0.2) is 89.8 Å². The van der Waals surface area contributed by atoms with Crippen molar-refractivity contribution >= 4 is 9.84 Å². The summed E-state index contributed by atoms with van der Waals surface area (Å²) in [7, 11) is -3.95. The van der Waals surface area contributed by atoms with E-state index < -0.39 is 38.1 Å². The first-order valence-electron chi connectivity index (χ1n) is 11.5. The number of benzene rings is 3. The highest BCUT2D eigenvalue weighted by atomic mass is 32.2. The Morgan fingerprint density at radius 2 is 1.46 bits per heavy atom. The molecule has 8 heteroatoms. The average molecular weight is 496 g/mol. The molecular weight excluding hydrogens is 466 g/mol. The van der Waals surface area contributed by atoms with Crippen LogP contribution in [0.1, 0.15) is 23.1 Å². The molecule has 0 bridgehead atoms. The summed E-state index contributed by atoms with van der Waals surface area (Å²) >= 11 is 0. The van der Waals surface area contributed by atoms with Gasteiger partial charge in [0, 0.05) is 17.3 Å². The highest BCUT2D eigenvalue weighted by Crippen LogP contribution is 2.57. The Morgan fingerprint density at radius 1 is 0.886 bits per heavy atom. The van der Waals surface area contributed by atoms with Crippen LogP contribution in [0.25, 0.3) is 0 Å². The first-order valence-corrected chi connectivity index (χ1v) is 13.0. The third-order valence-electron chi connectivity index (χ3n) is 6.56. The van der Waals surface area contributed by atoms with E-state index in [1.165, 1.54) is 0 Å². The van der Waals surface area contributed by atoms with Gasteiger partial charge in [0.25, 0.3) is 0 Å². The molecule has 0 aromatic heterocycles. The van der Waals surface area contributed by atoms with Gasteiger partial charge >= 0.3 is 0 Å². The standard InChI is InChI=1S/C27H29NO6S/c1-21-12-14-24(15-13-21)35(31,32)27(16-17-28(29)30)25(20-33-18-22-8-4-2-5-9-22)26(27)34-19-23-10-6-3-7-11-23/h2-15,25-26H,16-20H2,1H3/t25-,26+,27+/m0/s1. The van der Waals surface area contributed by atoms with Gasteiger partial charge in [-0.05, 0) is 30.2 Å². The number of sulfone groups is 1. The largest absolute Gasteiger partial charge is 0.376 e. The molecule has 1 aliphatic rings. The number of aryl methyl sites for hydroxylation is 1. The highest BCUT2D eigenvalue weighted by molar-refractivity contribution is 7.93. The third-order valence-corrected chi connectivity index (χ3v) is 9.20. The fourth-order valence-electron chi connectivity index (χ4n) is 4.60. The monoisotopic (exact) mass is 495 g/mol. The Bertz CT molecular complexity index is 1230. The molecule has 0 unspecified atom stereocenters. The van der Waals surface area contributed by atoms with Gasteiger partial charge in [-0.1, -0.05) is 78.4 Å². The van der Waals surface area contributed by atoms with Crippen LogP contribution >= 0.6 is 0 Å². The predicted octanol–water partition coefficient (Wildman–Crippen LogP) is 4.61. The van der Waals surface area contributed by atoms with Crippen molar-refractivity contribution in [2.24, 2.45) is 5.92 Å². The predicted molar refractivity (Wildman–Crippen MR) is 132 cm³/mol. The molecule has 1 fully saturated rings. The Morgan fingerprint density at radius 3 is 2.03 bits per heavy atom. The number of hydrogen-bond acceptors (Lipinski definition) is 6. The molecular formula is C27H29NO6S. The molecule has 1 aliphatic carbocycles. The van der Waals surface area contributed by atoms with E-state index in [1.807, 2.05) is 67.6 Å². The normalized spacial score (nSPS) is 21.5. The van der Waals surface area contributed by atoms with Crippen LogP contribution in [0.5, 0.6) is 0 Å². The van der Waals surface area contributed by atoms with Gasteiger partial charge in [0.05, 0.1) is 30.8 Å². The molecule has 0 amide bonds. The number of nitrogens with zero attached hydrogens (tertiary/aromatic N) is 1. The molecule has 0 saturated heterocycles. The molecule has 0 heterocycles. The zero-order valence-electron chi connectivity index (χ0n) is 19.6. The van der Waals surface area contributed by atoms with E-state index in [2.05, 4.69) is 0 Å². The molecule has 7 nitrogen and oxygen atoms in total. The molecule has 0 aliphatic heterocycles. The van der Waals surface area contributed by atoms with Crippen molar-refractivity contribution in [2.75, 3.05) is 13.2 Å². The van der Waals surface area contributed by atoms with Crippen LogP contribution in [0.3, 0.4) is 0 Å². The molecule has 3 aromatic rings. The highest BCUT2D eigenvalue weighted by Gasteiger charge is 2.74. The van der Waals surface area contributed by atoms with E-state index in [0.29, 0.717) is 6.61 Å². The fraction of sp³-hybridized carbons (Fsp3) is 0.333. The second-order valence-corrected chi connectivity index (χ2v) is 11.1. The minimum absolute atomic E-state index is 0.122. The summed E-state index contributed by atoms with van der Waals surface area (Å²) in [6.07, 6.45) is -0.862. The van der Waals surface area contributed by atoms with E-state index in [4.69, 9.17) is 9.47 Å². The Balaban J connectivity index is 1.62. The summed E-state index contributed by atoms with van der Waals surface area (Å²) in [4.78, 5) is 11.0. The molecule has 0 N–H and O–H groups in total. The molecule has 3 atom stereocenters. The average Bonchev–Trinajstić information content (AvgIpc) is 3.50. The number of nitro groups is 1. The molecule has 184 valence electrons. The lowest BCUT2D eigenvalue weighted by Crippen LogP contribution is -2.32. The lowest BCUT2D eigenvalue weighted by molar-refractivity contribution is -0.480. The number of ether oxygens (including phenoxy) is 2. The fourth-order valence-corrected chi connectivity index (χ4v) is 6.95. The van der Waals surface area contributed by atoms with Crippen molar-refractivity contribution in [3.05, 3.63) is 112 Å². The van der Waals surface area contributed by atoms with Crippen molar-refractivity contribution in [3.8, 4) is 0 Å². The molecule has 3 aromatic carbocycles. The minimum atomic E-state index is -3.95. The number of hydrogen-bond donors (Lipinski definition) is 0. The van der Waals surface area contributed by atoms with Gasteiger partial charge < -0.3 is 9.47 Å². The maximum absolute atomic E-state index is 13.9. The molecule has 35 heavy (non-hydrogen) atoms. The Hall–Kier alpha value is -3.07. The molecule has 0 spiro atoms. The van der Waals surface area contributed by atoms with Gasteiger partial charge in [0.2, 0.25) is 6.54 Å². The molecule has 4 rings (SSSR count). The zero-order valence-corrected chi connectivity index (χ0v) is 20.4. The van der Waals surface area contributed by atoms with Crippen molar-refractivity contribution in [2.45, 2.75) is 42.3 Å². The topological polar surface area (TPSA) is 95.7 Å². The molecule has 1 saturated carbocycles. The maximum Gasteiger partial charge on any atom is 0.205 e. The van der Waals surface area contributed by atoms with Gasteiger partial charge in [-0.2, -0.15) is 0 Å².